The normalized spacial score (nSPS) is 20.7. The Kier molecular flexibility index (Phi) is 2.76. The van der Waals surface area contributed by atoms with Crippen molar-refractivity contribution in [3.8, 4) is 11.4 Å². The topological polar surface area (TPSA) is 81.4 Å². The average Bonchev–Trinajstić information content (AvgIpc) is 3.02. The van der Waals surface area contributed by atoms with E-state index < -0.39 is 28.8 Å². The minimum absolute atomic E-state index is 0.0215. The number of hydrogen-bond acceptors (Lipinski definition) is 5. The van der Waals surface area contributed by atoms with Gasteiger partial charge in [0.2, 0.25) is 0 Å². The van der Waals surface area contributed by atoms with E-state index in [0.717, 1.165) is 6.07 Å². The largest absolute Gasteiger partial charge is 0.458 e. The van der Waals surface area contributed by atoms with E-state index in [4.69, 9.17) is 6.11 Å². The summed E-state index contributed by atoms with van der Waals surface area (Å²) in [5.41, 5.74) is -1.85. The summed E-state index contributed by atoms with van der Waals surface area (Å²) in [6.07, 6.45) is 0. The van der Waals surface area contributed by atoms with Crippen molar-refractivity contribution in [3.05, 3.63) is 62.9 Å². The van der Waals surface area contributed by atoms with Crippen molar-refractivity contribution in [2.45, 2.75) is 25.7 Å². The number of carbonyl (C=O) groups excluding carboxylic acids is 1. The number of aliphatic hydroxyl groups is 1. The van der Waals surface area contributed by atoms with E-state index >= 15 is 0 Å². The second kappa shape index (κ2) is 4.98. The second-order valence-electron chi connectivity index (χ2n) is 6.78. The molecule has 1 atom stereocenters. The molecule has 0 unspecified atom stereocenters. The number of cyclic esters (lactones) is 1. The summed E-state index contributed by atoms with van der Waals surface area (Å²) in [5.74, 6) is -3.16. The molecule has 0 saturated heterocycles. The number of rotatable bonds is 0. The number of pyridine rings is 2. The van der Waals surface area contributed by atoms with Gasteiger partial charge in [-0.25, -0.2) is 18.6 Å². The molecule has 2 aliphatic rings. The summed E-state index contributed by atoms with van der Waals surface area (Å²) in [4.78, 5) is 29.0. The van der Waals surface area contributed by atoms with Crippen molar-refractivity contribution in [2.24, 2.45) is 0 Å². The molecule has 8 heteroatoms. The summed E-state index contributed by atoms with van der Waals surface area (Å²) in [6, 6.07) is 3.58. The van der Waals surface area contributed by atoms with Gasteiger partial charge in [0, 0.05) is 16.5 Å². The van der Waals surface area contributed by atoms with E-state index in [0.29, 0.717) is 5.56 Å². The van der Waals surface area contributed by atoms with E-state index in [1.54, 1.807) is 0 Å². The lowest BCUT2D eigenvalue weighted by atomic mass is 9.90. The van der Waals surface area contributed by atoms with Gasteiger partial charge in [-0.05, 0) is 31.2 Å². The van der Waals surface area contributed by atoms with Crippen molar-refractivity contribution in [2.75, 3.05) is 0 Å². The van der Waals surface area contributed by atoms with Crippen LogP contribution in [0.4, 0.5) is 8.78 Å². The predicted octanol–water partition coefficient (Wildman–Crippen LogP) is 1.97. The Balaban J connectivity index is 1.86. The van der Waals surface area contributed by atoms with E-state index in [2.05, 4.69) is 4.98 Å². The van der Waals surface area contributed by atoms with Crippen molar-refractivity contribution in [1.82, 2.24) is 9.55 Å². The molecule has 0 amide bonds. The molecule has 0 aliphatic carbocycles. The number of hydrogen-bond donors (Lipinski definition) is 1. The first-order valence-electron chi connectivity index (χ1n) is 8.66. The molecule has 0 bridgehead atoms. The van der Waals surface area contributed by atoms with Gasteiger partial charge in [0.25, 0.3) is 5.56 Å². The summed E-state index contributed by atoms with van der Waals surface area (Å²) >= 11 is 0. The maximum Gasteiger partial charge on any atom is 0.342 e. The van der Waals surface area contributed by atoms with Gasteiger partial charge in [-0.2, -0.15) is 0 Å². The van der Waals surface area contributed by atoms with Crippen LogP contribution in [0.2, 0.25) is 0 Å². The first-order valence-corrected chi connectivity index (χ1v) is 8.16. The SMILES string of the molecule is [3H]c1c2c(nc3c(F)c(F)ccc13)-c1cc3c(c(=O)n1C2)COC(=O)[C@@]3(C)O. The smallest absolute Gasteiger partial charge is 0.342 e. The highest BCUT2D eigenvalue weighted by Crippen LogP contribution is 2.37. The van der Waals surface area contributed by atoms with Gasteiger partial charge >= 0.3 is 5.97 Å². The number of nitrogens with zero attached hydrogens (tertiary/aromatic N) is 2. The molecule has 136 valence electrons. The molecular formula is C19H12F2N2O4. The predicted molar refractivity (Wildman–Crippen MR) is 89.8 cm³/mol. The van der Waals surface area contributed by atoms with Crippen LogP contribution in [0.25, 0.3) is 22.3 Å². The van der Waals surface area contributed by atoms with Crippen molar-refractivity contribution < 1.29 is 24.8 Å². The van der Waals surface area contributed by atoms with Gasteiger partial charge in [-0.3, -0.25) is 4.79 Å². The standard InChI is InChI=1S/C19H12F2N2O4/c1-19(26)11-5-13-15-9(4-8-2-3-12(20)14(21)16(8)22-15)6-23(13)17(24)10(11)7-27-18(19)25/h2-5,26H,6-7H2,1H3/t19-/m0/s1/i4T. The van der Waals surface area contributed by atoms with Crippen molar-refractivity contribution in [3.63, 3.8) is 0 Å². The molecule has 27 heavy (non-hydrogen) atoms. The Morgan fingerprint density at radius 3 is 2.93 bits per heavy atom. The van der Waals surface area contributed by atoms with Crippen LogP contribution >= 0.6 is 0 Å². The van der Waals surface area contributed by atoms with Crippen LogP contribution in [0.15, 0.2) is 29.0 Å². The molecule has 1 N–H and O–H groups in total. The molecule has 2 aliphatic heterocycles. The highest BCUT2D eigenvalue weighted by molar-refractivity contribution is 5.86. The molecular weight excluding hydrogens is 358 g/mol. The van der Waals surface area contributed by atoms with Crippen molar-refractivity contribution >= 4 is 16.9 Å². The first kappa shape index (κ1) is 15.0. The second-order valence-corrected chi connectivity index (χ2v) is 6.78. The summed E-state index contributed by atoms with van der Waals surface area (Å²) in [6.45, 7) is 0.967. The first-order chi connectivity index (χ1) is 13.2. The lowest BCUT2D eigenvalue weighted by Crippen LogP contribution is -2.42. The summed E-state index contributed by atoms with van der Waals surface area (Å²) in [7, 11) is 0. The van der Waals surface area contributed by atoms with Crippen LogP contribution < -0.4 is 5.56 Å². The minimum atomic E-state index is -2.02. The van der Waals surface area contributed by atoms with Crippen LogP contribution in [-0.2, 0) is 28.3 Å². The molecule has 3 aromatic rings. The van der Waals surface area contributed by atoms with Gasteiger partial charge in [-0.15, -0.1) is 0 Å². The molecule has 4 heterocycles. The van der Waals surface area contributed by atoms with Gasteiger partial charge in [0.1, 0.15) is 12.1 Å². The van der Waals surface area contributed by atoms with Gasteiger partial charge in [-0.1, -0.05) is 0 Å². The lowest BCUT2D eigenvalue weighted by molar-refractivity contribution is -0.169. The summed E-state index contributed by atoms with van der Waals surface area (Å²) in [5, 5.41) is 10.6. The van der Waals surface area contributed by atoms with E-state index in [9.17, 15) is 23.5 Å². The van der Waals surface area contributed by atoms with E-state index in [-0.39, 0.29) is 52.6 Å². The van der Waals surface area contributed by atoms with E-state index in [1.165, 1.54) is 23.6 Å². The Labute approximate surface area is 152 Å². The zero-order chi connectivity index (χ0) is 20.0. The van der Waals surface area contributed by atoms with Gasteiger partial charge < -0.3 is 14.4 Å². The highest BCUT2D eigenvalue weighted by atomic mass is 19.2. The van der Waals surface area contributed by atoms with Gasteiger partial charge in [0.05, 0.1) is 24.9 Å². The number of carbonyl (C=O) groups is 1. The molecule has 0 fully saturated rings. The molecule has 0 radical (unpaired) electrons. The molecule has 6 nitrogen and oxygen atoms in total. The monoisotopic (exact) mass is 372 g/mol. The van der Waals surface area contributed by atoms with Crippen molar-refractivity contribution in [1.29, 1.82) is 0 Å². The Morgan fingerprint density at radius 2 is 2.15 bits per heavy atom. The van der Waals surface area contributed by atoms with Crippen LogP contribution in [0.1, 0.15) is 25.0 Å². The number of benzene rings is 1. The minimum Gasteiger partial charge on any atom is -0.458 e. The third-order valence-corrected chi connectivity index (χ3v) is 5.09. The van der Waals surface area contributed by atoms with Crippen LogP contribution in [0.3, 0.4) is 0 Å². The molecule has 2 aromatic heterocycles. The van der Waals surface area contributed by atoms with Gasteiger partial charge in [0.15, 0.2) is 17.2 Å². The number of aromatic nitrogens is 2. The number of fused-ring (bicyclic) bond motifs is 5. The number of esters is 1. The maximum absolute atomic E-state index is 14.3. The summed E-state index contributed by atoms with van der Waals surface area (Å²) < 4.78 is 42.5. The molecule has 0 saturated carbocycles. The fourth-order valence-electron chi connectivity index (χ4n) is 3.64. The fourth-order valence-corrected chi connectivity index (χ4v) is 3.64. The highest BCUT2D eigenvalue weighted by Gasteiger charge is 2.42. The molecule has 5 rings (SSSR count). The molecule has 0 spiro atoms. The Morgan fingerprint density at radius 1 is 1.37 bits per heavy atom. The Bertz CT molecular complexity index is 1300. The third-order valence-electron chi connectivity index (χ3n) is 5.09. The Hall–Kier alpha value is -3.13. The zero-order valence-electron chi connectivity index (χ0n) is 15.0. The number of halogens is 2. The third kappa shape index (κ3) is 1.98. The molecule has 1 aromatic carbocycles. The number of ether oxygens (including phenoxy) is 1. The maximum atomic E-state index is 14.3. The quantitative estimate of drug-likeness (QED) is 0.477. The zero-order valence-corrected chi connectivity index (χ0v) is 14.0. The van der Waals surface area contributed by atoms with Crippen LogP contribution in [0.5, 0.6) is 0 Å². The van der Waals surface area contributed by atoms with E-state index in [1.807, 2.05) is 0 Å². The fraction of sp³-hybridized carbons (Fsp3) is 0.211. The average molecular weight is 372 g/mol. The van der Waals surface area contributed by atoms with Crippen LogP contribution in [-0.4, -0.2) is 20.6 Å². The lowest BCUT2D eigenvalue weighted by Gasteiger charge is -2.29. The van der Waals surface area contributed by atoms with Crippen LogP contribution in [0, 0.1) is 11.6 Å².